The molecule has 0 spiro atoms. The Labute approximate surface area is 67.1 Å². The van der Waals surface area contributed by atoms with Gasteiger partial charge >= 0.3 is 0 Å². The van der Waals surface area contributed by atoms with Crippen LogP contribution in [0.2, 0.25) is 0 Å². The molecule has 11 heavy (non-hydrogen) atoms. The number of carbonyl (C=O) groups is 1. The van der Waals surface area contributed by atoms with Gasteiger partial charge in [0, 0.05) is 12.0 Å². The third-order valence-electron chi connectivity index (χ3n) is 2.73. The molecule has 1 aliphatic carbocycles. The van der Waals surface area contributed by atoms with E-state index in [1.807, 2.05) is 6.92 Å². The minimum atomic E-state index is -0.187. The Morgan fingerprint density at radius 1 is 1.45 bits per heavy atom. The molecule has 1 fully saturated rings. The van der Waals surface area contributed by atoms with E-state index in [0.29, 0.717) is 0 Å². The lowest BCUT2D eigenvalue weighted by Crippen LogP contribution is -2.42. The Morgan fingerprint density at radius 3 is 2.55 bits per heavy atom. The molecule has 0 aromatic heterocycles. The van der Waals surface area contributed by atoms with Gasteiger partial charge in [-0.25, -0.2) is 0 Å². The van der Waals surface area contributed by atoms with Crippen LogP contribution in [0.25, 0.3) is 0 Å². The summed E-state index contributed by atoms with van der Waals surface area (Å²) in [4.78, 5) is 10.9. The highest BCUT2D eigenvalue weighted by molar-refractivity contribution is 5.77. The maximum Gasteiger partial charge on any atom is 0.220 e. The van der Waals surface area contributed by atoms with E-state index >= 15 is 0 Å². The average molecular weight is 156 g/mol. The third-order valence-corrected chi connectivity index (χ3v) is 2.73. The van der Waals surface area contributed by atoms with Gasteiger partial charge in [0.15, 0.2) is 0 Å². The van der Waals surface area contributed by atoms with Crippen LogP contribution in [0.15, 0.2) is 0 Å². The van der Waals surface area contributed by atoms with E-state index in [1.54, 1.807) is 0 Å². The molecule has 3 nitrogen and oxygen atoms in total. The number of primary amides is 1. The molecule has 3 unspecified atom stereocenters. The monoisotopic (exact) mass is 156 g/mol. The van der Waals surface area contributed by atoms with Crippen molar-refractivity contribution in [2.24, 2.45) is 23.3 Å². The van der Waals surface area contributed by atoms with Gasteiger partial charge < -0.3 is 11.5 Å². The number of carbonyl (C=O) groups excluding carboxylic acids is 1. The number of hydrogen-bond acceptors (Lipinski definition) is 2. The lowest BCUT2D eigenvalue weighted by Gasteiger charge is -2.31. The van der Waals surface area contributed by atoms with Crippen molar-refractivity contribution in [2.45, 2.75) is 32.2 Å². The predicted molar refractivity (Wildman–Crippen MR) is 43.7 cm³/mol. The van der Waals surface area contributed by atoms with Crippen molar-refractivity contribution in [3.05, 3.63) is 0 Å². The zero-order chi connectivity index (χ0) is 8.43. The second-order valence-electron chi connectivity index (χ2n) is 3.46. The van der Waals surface area contributed by atoms with Crippen LogP contribution in [0.5, 0.6) is 0 Å². The fraction of sp³-hybridized carbons (Fsp3) is 0.875. The highest BCUT2D eigenvalue weighted by atomic mass is 16.1. The number of rotatable bonds is 1. The predicted octanol–water partition coefficient (Wildman–Crippen LogP) is 0.235. The van der Waals surface area contributed by atoms with Gasteiger partial charge in [0.25, 0.3) is 0 Å². The molecular weight excluding hydrogens is 140 g/mol. The Morgan fingerprint density at radius 2 is 2.09 bits per heavy atom. The fourth-order valence-corrected chi connectivity index (χ4v) is 1.80. The van der Waals surface area contributed by atoms with Gasteiger partial charge in [-0.1, -0.05) is 13.3 Å². The van der Waals surface area contributed by atoms with Crippen LogP contribution < -0.4 is 11.5 Å². The molecule has 4 N–H and O–H groups in total. The lowest BCUT2D eigenvalue weighted by molar-refractivity contribution is -0.124. The van der Waals surface area contributed by atoms with Crippen LogP contribution in [-0.2, 0) is 4.79 Å². The molecule has 0 saturated heterocycles. The standard InChI is InChI=1S/C8H16N2O/c1-5-6(8(10)11)3-2-4-7(5)9/h5-7H,2-4,9H2,1H3,(H2,10,11). The van der Waals surface area contributed by atoms with Crippen LogP contribution in [0.4, 0.5) is 0 Å². The van der Waals surface area contributed by atoms with E-state index in [0.717, 1.165) is 19.3 Å². The third kappa shape index (κ3) is 1.71. The zero-order valence-electron chi connectivity index (χ0n) is 6.92. The molecule has 1 aliphatic rings. The first-order chi connectivity index (χ1) is 5.13. The summed E-state index contributed by atoms with van der Waals surface area (Å²) < 4.78 is 0. The van der Waals surface area contributed by atoms with Crippen molar-refractivity contribution in [3.63, 3.8) is 0 Å². The number of nitrogens with two attached hydrogens (primary N) is 2. The summed E-state index contributed by atoms with van der Waals surface area (Å²) in [5.74, 6) is 0.0904. The van der Waals surface area contributed by atoms with Crippen LogP contribution in [0, 0.1) is 11.8 Å². The molecule has 3 atom stereocenters. The van der Waals surface area contributed by atoms with Gasteiger partial charge in [-0.3, -0.25) is 4.79 Å². The van der Waals surface area contributed by atoms with Crippen molar-refractivity contribution in [3.8, 4) is 0 Å². The van der Waals surface area contributed by atoms with Crippen LogP contribution >= 0.6 is 0 Å². The highest BCUT2D eigenvalue weighted by Crippen LogP contribution is 2.28. The molecular formula is C8H16N2O. The molecule has 0 heterocycles. The summed E-state index contributed by atoms with van der Waals surface area (Å²) in [7, 11) is 0. The number of amides is 1. The highest BCUT2D eigenvalue weighted by Gasteiger charge is 2.30. The van der Waals surface area contributed by atoms with Crippen LogP contribution in [-0.4, -0.2) is 11.9 Å². The van der Waals surface area contributed by atoms with E-state index in [9.17, 15) is 4.79 Å². The summed E-state index contributed by atoms with van der Waals surface area (Å²) in [6.45, 7) is 2.01. The summed E-state index contributed by atoms with van der Waals surface area (Å²) in [6, 6.07) is 0.168. The Hall–Kier alpha value is -0.570. The van der Waals surface area contributed by atoms with Crippen molar-refractivity contribution in [1.82, 2.24) is 0 Å². The van der Waals surface area contributed by atoms with Gasteiger partial charge in [-0.05, 0) is 18.8 Å². The maximum atomic E-state index is 10.9. The van der Waals surface area contributed by atoms with E-state index in [2.05, 4.69) is 0 Å². The molecule has 1 rings (SSSR count). The minimum absolute atomic E-state index is 0.0127. The molecule has 1 saturated carbocycles. The quantitative estimate of drug-likeness (QED) is 0.570. The van der Waals surface area contributed by atoms with E-state index in [1.165, 1.54) is 0 Å². The summed E-state index contributed by atoms with van der Waals surface area (Å²) in [5, 5.41) is 0. The van der Waals surface area contributed by atoms with Crippen molar-refractivity contribution in [1.29, 1.82) is 0 Å². The molecule has 0 radical (unpaired) electrons. The summed E-state index contributed by atoms with van der Waals surface area (Å²) in [5.41, 5.74) is 11.0. The van der Waals surface area contributed by atoms with Gasteiger partial charge in [0.1, 0.15) is 0 Å². The van der Waals surface area contributed by atoms with Gasteiger partial charge in [-0.15, -0.1) is 0 Å². The van der Waals surface area contributed by atoms with E-state index in [4.69, 9.17) is 11.5 Å². The van der Waals surface area contributed by atoms with Crippen LogP contribution in [0.1, 0.15) is 26.2 Å². The molecule has 0 aromatic carbocycles. The maximum absolute atomic E-state index is 10.9. The topological polar surface area (TPSA) is 69.1 Å². The smallest absolute Gasteiger partial charge is 0.220 e. The van der Waals surface area contributed by atoms with Crippen molar-refractivity contribution in [2.75, 3.05) is 0 Å². The molecule has 64 valence electrons. The van der Waals surface area contributed by atoms with E-state index < -0.39 is 0 Å². The molecule has 0 bridgehead atoms. The van der Waals surface area contributed by atoms with Crippen molar-refractivity contribution >= 4 is 5.91 Å². The second kappa shape index (κ2) is 3.22. The normalized spacial score (nSPS) is 38.5. The van der Waals surface area contributed by atoms with E-state index in [-0.39, 0.29) is 23.8 Å². The second-order valence-corrected chi connectivity index (χ2v) is 3.46. The molecule has 0 aliphatic heterocycles. The number of hydrogen-bond donors (Lipinski definition) is 2. The first-order valence-electron chi connectivity index (χ1n) is 4.18. The molecule has 3 heteroatoms. The zero-order valence-corrected chi connectivity index (χ0v) is 6.92. The molecule has 0 aromatic rings. The first-order valence-corrected chi connectivity index (χ1v) is 4.18. The largest absolute Gasteiger partial charge is 0.369 e. The first kappa shape index (κ1) is 8.53. The van der Waals surface area contributed by atoms with Crippen molar-refractivity contribution < 1.29 is 4.79 Å². The molecule has 1 amide bonds. The Balaban J connectivity index is 2.58. The Kier molecular flexibility index (Phi) is 2.49. The minimum Gasteiger partial charge on any atom is -0.369 e. The SMILES string of the molecule is CC1C(N)CCCC1C(N)=O. The van der Waals surface area contributed by atoms with Gasteiger partial charge in [-0.2, -0.15) is 0 Å². The fourth-order valence-electron chi connectivity index (χ4n) is 1.80. The van der Waals surface area contributed by atoms with Gasteiger partial charge in [0.05, 0.1) is 0 Å². The summed E-state index contributed by atoms with van der Waals surface area (Å²) in [6.07, 6.45) is 2.99. The summed E-state index contributed by atoms with van der Waals surface area (Å²) >= 11 is 0. The lowest BCUT2D eigenvalue weighted by atomic mass is 9.77. The van der Waals surface area contributed by atoms with Gasteiger partial charge in [0.2, 0.25) is 5.91 Å². The Bertz CT molecular complexity index is 158. The van der Waals surface area contributed by atoms with Crippen LogP contribution in [0.3, 0.4) is 0 Å². The average Bonchev–Trinajstić information content (AvgIpc) is 1.94.